The summed E-state index contributed by atoms with van der Waals surface area (Å²) in [6.45, 7) is 7.10. The number of carbonyl (C=O) groups excluding carboxylic acids is 1. The molecule has 0 saturated carbocycles. The number of hydrogen-bond acceptors (Lipinski definition) is 1. The fourth-order valence-electron chi connectivity index (χ4n) is 2.39. The molecule has 0 atom stereocenters. The molecule has 0 aliphatic rings. The van der Waals surface area contributed by atoms with Crippen LogP contribution in [0.3, 0.4) is 0 Å². The number of urea groups is 1. The minimum Gasteiger partial charge on any atom is -0.320 e. The number of halogens is 1. The first-order valence-corrected chi connectivity index (χ1v) is 7.75. The van der Waals surface area contributed by atoms with E-state index in [-0.39, 0.29) is 6.03 Å². The maximum Gasteiger partial charge on any atom is 0.322 e. The van der Waals surface area contributed by atoms with Gasteiger partial charge in [0.1, 0.15) is 0 Å². The van der Waals surface area contributed by atoms with Crippen molar-refractivity contribution in [2.45, 2.75) is 27.3 Å². The molecule has 0 aliphatic heterocycles. The highest BCUT2D eigenvalue weighted by molar-refractivity contribution is 6.34. The SMILES string of the molecule is CCN(Cc1ccccc1)C(=O)Nc1c(C)cc(C)cc1Cl. The van der Waals surface area contributed by atoms with Crippen LogP contribution in [0.15, 0.2) is 42.5 Å². The van der Waals surface area contributed by atoms with Crippen LogP contribution in [0, 0.1) is 13.8 Å². The number of benzene rings is 2. The van der Waals surface area contributed by atoms with Crippen molar-refractivity contribution in [3.8, 4) is 0 Å². The van der Waals surface area contributed by atoms with E-state index < -0.39 is 0 Å². The molecule has 0 saturated heterocycles. The van der Waals surface area contributed by atoms with Crippen LogP contribution in [0.4, 0.5) is 10.5 Å². The second kappa shape index (κ2) is 7.32. The maximum absolute atomic E-state index is 12.5. The zero-order valence-electron chi connectivity index (χ0n) is 13.2. The van der Waals surface area contributed by atoms with Gasteiger partial charge in [0.2, 0.25) is 0 Å². The van der Waals surface area contributed by atoms with Crippen molar-refractivity contribution in [2.75, 3.05) is 11.9 Å². The van der Waals surface area contributed by atoms with Crippen LogP contribution < -0.4 is 5.32 Å². The van der Waals surface area contributed by atoms with E-state index in [1.54, 1.807) is 4.90 Å². The van der Waals surface area contributed by atoms with Crippen molar-refractivity contribution in [1.29, 1.82) is 0 Å². The van der Waals surface area contributed by atoms with E-state index in [9.17, 15) is 4.79 Å². The fourth-order valence-corrected chi connectivity index (χ4v) is 2.76. The number of carbonyl (C=O) groups is 1. The molecule has 0 aliphatic carbocycles. The summed E-state index contributed by atoms with van der Waals surface area (Å²) in [5, 5.41) is 3.50. The van der Waals surface area contributed by atoms with E-state index in [2.05, 4.69) is 5.32 Å². The summed E-state index contributed by atoms with van der Waals surface area (Å²) in [5.41, 5.74) is 3.83. The number of anilines is 1. The van der Waals surface area contributed by atoms with Gasteiger partial charge in [-0.2, -0.15) is 0 Å². The van der Waals surface area contributed by atoms with Gasteiger partial charge < -0.3 is 10.2 Å². The zero-order chi connectivity index (χ0) is 16.1. The first kappa shape index (κ1) is 16.4. The van der Waals surface area contributed by atoms with Crippen molar-refractivity contribution in [3.63, 3.8) is 0 Å². The van der Waals surface area contributed by atoms with Gasteiger partial charge in [0, 0.05) is 13.1 Å². The standard InChI is InChI=1S/C18H21ClN2O/c1-4-21(12-15-8-6-5-7-9-15)18(22)20-17-14(3)10-13(2)11-16(17)19/h5-11H,4,12H2,1-3H3,(H,20,22). The molecule has 116 valence electrons. The van der Waals surface area contributed by atoms with Gasteiger partial charge in [-0.1, -0.05) is 48.0 Å². The second-order valence-corrected chi connectivity index (χ2v) is 5.78. The second-order valence-electron chi connectivity index (χ2n) is 5.37. The molecule has 22 heavy (non-hydrogen) atoms. The summed E-state index contributed by atoms with van der Waals surface area (Å²) in [6.07, 6.45) is 0. The summed E-state index contributed by atoms with van der Waals surface area (Å²) in [7, 11) is 0. The average molecular weight is 317 g/mol. The van der Waals surface area contributed by atoms with E-state index >= 15 is 0 Å². The lowest BCUT2D eigenvalue weighted by Crippen LogP contribution is -2.34. The lowest BCUT2D eigenvalue weighted by atomic mass is 10.1. The molecular weight excluding hydrogens is 296 g/mol. The Bertz CT molecular complexity index is 632. The first-order valence-electron chi connectivity index (χ1n) is 7.38. The third-order valence-corrected chi connectivity index (χ3v) is 3.85. The number of nitrogens with one attached hydrogen (secondary N) is 1. The van der Waals surface area contributed by atoms with Crippen LogP contribution >= 0.6 is 11.6 Å². The Kier molecular flexibility index (Phi) is 5.45. The van der Waals surface area contributed by atoms with Crippen molar-refractivity contribution < 1.29 is 4.79 Å². The highest BCUT2D eigenvalue weighted by Crippen LogP contribution is 2.27. The molecule has 0 unspecified atom stereocenters. The third-order valence-electron chi connectivity index (χ3n) is 3.55. The molecule has 0 radical (unpaired) electrons. The highest BCUT2D eigenvalue weighted by atomic mass is 35.5. The highest BCUT2D eigenvalue weighted by Gasteiger charge is 2.15. The van der Waals surface area contributed by atoms with Crippen LogP contribution in [0.25, 0.3) is 0 Å². The van der Waals surface area contributed by atoms with Crippen LogP contribution in [0.1, 0.15) is 23.6 Å². The number of rotatable bonds is 4. The van der Waals surface area contributed by atoms with E-state index in [1.807, 2.05) is 63.2 Å². The lowest BCUT2D eigenvalue weighted by molar-refractivity contribution is 0.212. The van der Waals surface area contributed by atoms with E-state index in [0.29, 0.717) is 23.8 Å². The van der Waals surface area contributed by atoms with Crippen LogP contribution in [0.5, 0.6) is 0 Å². The van der Waals surface area contributed by atoms with Gasteiger partial charge in [-0.15, -0.1) is 0 Å². The Balaban J connectivity index is 2.13. The average Bonchev–Trinajstić information content (AvgIpc) is 2.49. The zero-order valence-corrected chi connectivity index (χ0v) is 13.9. The Labute approximate surface area is 136 Å². The van der Waals surface area contributed by atoms with Gasteiger partial charge >= 0.3 is 6.03 Å². The Morgan fingerprint density at radius 3 is 2.45 bits per heavy atom. The van der Waals surface area contributed by atoms with Crippen LogP contribution in [-0.2, 0) is 6.54 Å². The number of amides is 2. The predicted molar refractivity (Wildman–Crippen MR) is 92.5 cm³/mol. The molecule has 0 bridgehead atoms. The minimum atomic E-state index is -0.139. The largest absolute Gasteiger partial charge is 0.322 e. The number of hydrogen-bond donors (Lipinski definition) is 1. The summed E-state index contributed by atoms with van der Waals surface area (Å²) >= 11 is 6.25. The molecule has 1 N–H and O–H groups in total. The molecule has 0 aromatic heterocycles. The molecule has 2 aromatic rings. The summed E-state index contributed by atoms with van der Waals surface area (Å²) in [4.78, 5) is 14.2. The van der Waals surface area contributed by atoms with Crippen LogP contribution in [0.2, 0.25) is 5.02 Å². The summed E-state index contributed by atoms with van der Waals surface area (Å²) in [5.74, 6) is 0. The van der Waals surface area contributed by atoms with Crippen molar-refractivity contribution >= 4 is 23.3 Å². The Morgan fingerprint density at radius 2 is 1.86 bits per heavy atom. The molecule has 0 heterocycles. The molecule has 2 amide bonds. The van der Waals surface area contributed by atoms with Gasteiger partial charge in [-0.05, 0) is 43.5 Å². The van der Waals surface area contributed by atoms with Crippen LogP contribution in [-0.4, -0.2) is 17.5 Å². The molecular formula is C18H21ClN2O. The molecule has 2 aromatic carbocycles. The van der Waals surface area contributed by atoms with Crippen molar-refractivity contribution in [3.05, 3.63) is 64.2 Å². The van der Waals surface area contributed by atoms with Gasteiger partial charge in [-0.25, -0.2) is 4.79 Å². The lowest BCUT2D eigenvalue weighted by Gasteiger charge is -2.22. The maximum atomic E-state index is 12.5. The minimum absolute atomic E-state index is 0.139. The van der Waals surface area contributed by atoms with Gasteiger partial charge in [0.15, 0.2) is 0 Å². The summed E-state index contributed by atoms with van der Waals surface area (Å²) in [6, 6.07) is 13.7. The van der Waals surface area contributed by atoms with Crippen molar-refractivity contribution in [2.24, 2.45) is 0 Å². The first-order chi connectivity index (χ1) is 10.5. The van der Waals surface area contributed by atoms with Gasteiger partial charge in [-0.3, -0.25) is 0 Å². The summed E-state index contributed by atoms with van der Waals surface area (Å²) < 4.78 is 0. The van der Waals surface area contributed by atoms with E-state index in [0.717, 1.165) is 16.7 Å². The number of nitrogens with zero attached hydrogens (tertiary/aromatic N) is 1. The van der Waals surface area contributed by atoms with Crippen molar-refractivity contribution in [1.82, 2.24) is 4.90 Å². The third kappa shape index (κ3) is 4.01. The molecule has 4 heteroatoms. The normalized spacial score (nSPS) is 10.4. The number of aryl methyl sites for hydroxylation is 2. The van der Waals surface area contributed by atoms with E-state index in [4.69, 9.17) is 11.6 Å². The molecule has 3 nitrogen and oxygen atoms in total. The predicted octanol–water partition coefficient (Wildman–Crippen LogP) is 5.01. The Hall–Kier alpha value is -2.00. The topological polar surface area (TPSA) is 32.3 Å². The monoisotopic (exact) mass is 316 g/mol. The van der Waals surface area contributed by atoms with Gasteiger partial charge in [0.05, 0.1) is 10.7 Å². The van der Waals surface area contributed by atoms with E-state index in [1.165, 1.54) is 0 Å². The molecule has 0 fully saturated rings. The van der Waals surface area contributed by atoms with Gasteiger partial charge in [0.25, 0.3) is 0 Å². The Morgan fingerprint density at radius 1 is 1.18 bits per heavy atom. The molecule has 2 rings (SSSR count). The quantitative estimate of drug-likeness (QED) is 0.844. The smallest absolute Gasteiger partial charge is 0.320 e. The molecule has 0 spiro atoms. The fraction of sp³-hybridized carbons (Fsp3) is 0.278.